The van der Waals surface area contributed by atoms with Crippen molar-refractivity contribution in [1.82, 2.24) is 0 Å². The highest BCUT2D eigenvalue weighted by Gasteiger charge is 2.38. The van der Waals surface area contributed by atoms with Crippen LogP contribution in [0, 0.1) is 6.92 Å². The number of hydrogen-bond donors (Lipinski definition) is 2. The molecule has 3 N–H and O–H groups in total. The Labute approximate surface area is 199 Å². The van der Waals surface area contributed by atoms with Crippen molar-refractivity contribution in [3.8, 4) is 5.75 Å². The van der Waals surface area contributed by atoms with E-state index >= 15 is 0 Å². The summed E-state index contributed by atoms with van der Waals surface area (Å²) in [6.07, 6.45) is 0. The first kappa shape index (κ1) is 22.4. The topological polar surface area (TPSA) is 102 Å². The molecule has 4 rings (SSSR count). The maximum atomic E-state index is 12.8. The van der Waals surface area contributed by atoms with Crippen molar-refractivity contribution in [2.75, 3.05) is 16.0 Å². The lowest BCUT2D eigenvalue weighted by atomic mass is 10.2. The van der Waals surface area contributed by atoms with Crippen molar-refractivity contribution in [1.29, 1.82) is 0 Å². The number of hydrogen-bond acceptors (Lipinski definition) is 6. The number of nitrogens with two attached hydrogens (primary N) is 1. The summed E-state index contributed by atoms with van der Waals surface area (Å²) in [4.78, 5) is 38.8. The van der Waals surface area contributed by atoms with Gasteiger partial charge < -0.3 is 15.8 Å². The molecule has 0 aliphatic carbocycles. The zero-order valence-corrected chi connectivity index (χ0v) is 18.8. The SMILES string of the molecule is Cc1ccc(OC(=O)c2ccc(NC3=C(Cl)C(=O)N(c4ccc(Cl)cc4)C3=O)cc2)c(N)c1. The molecule has 2 amide bonds. The number of imide groups is 1. The molecule has 7 nitrogen and oxygen atoms in total. The minimum atomic E-state index is -0.651. The molecule has 3 aromatic rings. The van der Waals surface area contributed by atoms with Gasteiger partial charge in [-0.3, -0.25) is 9.59 Å². The number of nitrogens with one attached hydrogen (secondary N) is 1. The predicted molar refractivity (Wildman–Crippen MR) is 127 cm³/mol. The Bertz CT molecular complexity index is 1300. The summed E-state index contributed by atoms with van der Waals surface area (Å²) in [5, 5.41) is 3.08. The average Bonchev–Trinajstić information content (AvgIpc) is 3.00. The van der Waals surface area contributed by atoms with Crippen molar-refractivity contribution >= 4 is 58.0 Å². The zero-order chi connectivity index (χ0) is 23.7. The van der Waals surface area contributed by atoms with Crippen molar-refractivity contribution in [2.24, 2.45) is 0 Å². The van der Waals surface area contributed by atoms with E-state index in [0.29, 0.717) is 22.1 Å². The fraction of sp³-hybridized carbons (Fsp3) is 0.0417. The van der Waals surface area contributed by atoms with Gasteiger partial charge in [0.05, 0.1) is 16.9 Å². The van der Waals surface area contributed by atoms with Crippen LogP contribution >= 0.6 is 23.2 Å². The zero-order valence-electron chi connectivity index (χ0n) is 17.3. The number of nitrogen functional groups attached to an aromatic ring is 1. The molecule has 0 atom stereocenters. The maximum Gasteiger partial charge on any atom is 0.343 e. The lowest BCUT2D eigenvalue weighted by Crippen LogP contribution is -2.32. The number of ether oxygens (including phenoxy) is 1. The van der Waals surface area contributed by atoms with E-state index in [0.717, 1.165) is 10.5 Å². The molecule has 33 heavy (non-hydrogen) atoms. The van der Waals surface area contributed by atoms with Gasteiger partial charge in [-0.15, -0.1) is 0 Å². The molecule has 1 heterocycles. The Kier molecular flexibility index (Phi) is 6.09. The summed E-state index contributed by atoms with van der Waals surface area (Å²) in [5.74, 6) is -1.58. The second kappa shape index (κ2) is 8.97. The Morgan fingerprint density at radius 1 is 0.939 bits per heavy atom. The third-order valence-corrected chi connectivity index (χ3v) is 5.47. The largest absolute Gasteiger partial charge is 0.421 e. The highest BCUT2D eigenvalue weighted by molar-refractivity contribution is 6.53. The van der Waals surface area contributed by atoms with Gasteiger partial charge in [0, 0.05) is 10.7 Å². The molecule has 1 aliphatic heterocycles. The highest BCUT2D eigenvalue weighted by atomic mass is 35.5. The maximum absolute atomic E-state index is 12.8. The number of benzene rings is 3. The van der Waals surface area contributed by atoms with Crippen molar-refractivity contribution in [3.63, 3.8) is 0 Å². The van der Waals surface area contributed by atoms with Gasteiger partial charge in [-0.25, -0.2) is 9.69 Å². The fourth-order valence-electron chi connectivity index (χ4n) is 3.19. The van der Waals surface area contributed by atoms with Crippen molar-refractivity contribution < 1.29 is 19.1 Å². The van der Waals surface area contributed by atoms with E-state index in [9.17, 15) is 14.4 Å². The number of aryl methyl sites for hydroxylation is 1. The van der Waals surface area contributed by atoms with Gasteiger partial charge in [0.1, 0.15) is 10.7 Å². The number of nitrogens with zero attached hydrogens (tertiary/aromatic N) is 1. The third-order valence-electron chi connectivity index (χ3n) is 4.87. The molecular weight excluding hydrogens is 465 g/mol. The molecule has 0 radical (unpaired) electrons. The Morgan fingerprint density at radius 3 is 2.24 bits per heavy atom. The van der Waals surface area contributed by atoms with E-state index < -0.39 is 17.8 Å². The van der Waals surface area contributed by atoms with E-state index in [1.54, 1.807) is 54.6 Å². The van der Waals surface area contributed by atoms with E-state index in [-0.39, 0.29) is 22.0 Å². The summed E-state index contributed by atoms with van der Waals surface area (Å²) in [7, 11) is 0. The molecule has 0 bridgehead atoms. The van der Waals surface area contributed by atoms with E-state index in [1.807, 2.05) is 6.92 Å². The molecule has 166 valence electrons. The van der Waals surface area contributed by atoms with Crippen LogP contribution in [0.2, 0.25) is 5.02 Å². The number of esters is 1. The quantitative estimate of drug-likeness (QED) is 0.233. The summed E-state index contributed by atoms with van der Waals surface area (Å²) < 4.78 is 5.35. The molecule has 0 unspecified atom stereocenters. The first-order valence-electron chi connectivity index (χ1n) is 9.74. The first-order valence-corrected chi connectivity index (χ1v) is 10.5. The molecule has 1 aliphatic rings. The molecule has 0 saturated heterocycles. The minimum Gasteiger partial charge on any atom is -0.421 e. The van der Waals surface area contributed by atoms with Gasteiger partial charge >= 0.3 is 5.97 Å². The van der Waals surface area contributed by atoms with Gasteiger partial charge in [-0.2, -0.15) is 0 Å². The molecule has 9 heteroatoms. The third kappa shape index (κ3) is 4.55. The van der Waals surface area contributed by atoms with Crippen LogP contribution in [0.3, 0.4) is 0 Å². The number of carbonyl (C=O) groups is 3. The molecular formula is C24H17Cl2N3O4. The van der Waals surface area contributed by atoms with Crippen molar-refractivity contribution in [3.05, 3.63) is 93.6 Å². The van der Waals surface area contributed by atoms with Crippen LogP contribution in [0.25, 0.3) is 0 Å². The van der Waals surface area contributed by atoms with E-state index in [4.69, 9.17) is 33.7 Å². The number of carbonyl (C=O) groups excluding carboxylic acids is 3. The summed E-state index contributed by atoms with van der Waals surface area (Å²) in [5.41, 5.74) is 8.20. The second-order valence-electron chi connectivity index (χ2n) is 7.24. The van der Waals surface area contributed by atoms with Gasteiger partial charge in [0.25, 0.3) is 11.8 Å². The van der Waals surface area contributed by atoms with Crippen LogP contribution in [-0.2, 0) is 9.59 Å². The fourth-order valence-corrected chi connectivity index (χ4v) is 3.53. The monoisotopic (exact) mass is 481 g/mol. The molecule has 0 saturated carbocycles. The smallest absolute Gasteiger partial charge is 0.343 e. The normalized spacial score (nSPS) is 13.5. The van der Waals surface area contributed by atoms with Gasteiger partial charge in [-0.05, 0) is 73.2 Å². The van der Waals surface area contributed by atoms with Crippen LogP contribution in [-0.4, -0.2) is 17.8 Å². The van der Waals surface area contributed by atoms with Crippen LogP contribution in [0.15, 0.2) is 77.5 Å². The van der Waals surface area contributed by atoms with Gasteiger partial charge in [0.15, 0.2) is 5.75 Å². The molecule has 0 spiro atoms. The average molecular weight is 482 g/mol. The van der Waals surface area contributed by atoms with Gasteiger partial charge in [0.2, 0.25) is 0 Å². The van der Waals surface area contributed by atoms with Crippen LogP contribution in [0.5, 0.6) is 5.75 Å². The highest BCUT2D eigenvalue weighted by Crippen LogP contribution is 2.31. The molecule has 3 aromatic carbocycles. The summed E-state index contributed by atoms with van der Waals surface area (Å²) >= 11 is 12.0. The Balaban J connectivity index is 1.48. The van der Waals surface area contributed by atoms with Crippen LogP contribution in [0.1, 0.15) is 15.9 Å². The van der Waals surface area contributed by atoms with E-state index in [2.05, 4.69) is 5.32 Å². The number of halogens is 2. The number of anilines is 3. The molecule has 0 aromatic heterocycles. The van der Waals surface area contributed by atoms with Gasteiger partial charge in [-0.1, -0.05) is 29.3 Å². The van der Waals surface area contributed by atoms with Crippen LogP contribution in [0.4, 0.5) is 17.1 Å². The minimum absolute atomic E-state index is 0.0700. The van der Waals surface area contributed by atoms with Crippen molar-refractivity contribution in [2.45, 2.75) is 6.92 Å². The standard InChI is InChI=1S/C24H17Cl2N3O4/c1-13-2-11-19(18(27)12-13)33-24(32)14-3-7-16(8-4-14)28-21-20(26)22(30)29(23(21)31)17-9-5-15(25)6-10-17/h2-12,28H,27H2,1H3. The summed E-state index contributed by atoms with van der Waals surface area (Å²) in [6.45, 7) is 1.88. The van der Waals surface area contributed by atoms with Crippen LogP contribution < -0.4 is 20.7 Å². The first-order chi connectivity index (χ1) is 15.7. The lowest BCUT2D eigenvalue weighted by molar-refractivity contribution is -0.120. The number of rotatable bonds is 5. The second-order valence-corrected chi connectivity index (χ2v) is 8.06. The predicted octanol–water partition coefficient (Wildman–Crippen LogP) is 4.89. The number of amides is 2. The molecule has 0 fully saturated rings. The Hall–Kier alpha value is -3.81. The summed E-state index contributed by atoms with van der Waals surface area (Å²) in [6, 6.07) is 17.5. The lowest BCUT2D eigenvalue weighted by Gasteiger charge is -2.15. The Morgan fingerprint density at radius 2 is 1.61 bits per heavy atom. The van der Waals surface area contributed by atoms with E-state index in [1.165, 1.54) is 12.1 Å².